The van der Waals surface area contributed by atoms with E-state index in [-0.39, 0.29) is 5.91 Å². The van der Waals surface area contributed by atoms with Crippen LogP contribution in [0.1, 0.15) is 31.2 Å². The predicted octanol–water partition coefficient (Wildman–Crippen LogP) is 2.49. The SMILES string of the molecule is O=C(CNCc1ccc(Cl)cc1)NC1CCCC1. The lowest BCUT2D eigenvalue weighted by Crippen LogP contribution is -2.38. The highest BCUT2D eigenvalue weighted by Gasteiger charge is 2.16. The van der Waals surface area contributed by atoms with Gasteiger partial charge >= 0.3 is 0 Å². The van der Waals surface area contributed by atoms with Crippen molar-refractivity contribution in [1.82, 2.24) is 10.6 Å². The Balaban J connectivity index is 1.65. The van der Waals surface area contributed by atoms with Crippen LogP contribution in [0.4, 0.5) is 0 Å². The molecule has 1 aromatic rings. The van der Waals surface area contributed by atoms with Gasteiger partial charge in [0.1, 0.15) is 0 Å². The second-order valence-electron chi connectivity index (χ2n) is 4.78. The molecule has 1 aliphatic rings. The van der Waals surface area contributed by atoms with E-state index < -0.39 is 0 Å². The fraction of sp³-hybridized carbons (Fsp3) is 0.500. The molecule has 2 rings (SSSR count). The van der Waals surface area contributed by atoms with Gasteiger partial charge < -0.3 is 10.6 Å². The van der Waals surface area contributed by atoms with Gasteiger partial charge in [-0.2, -0.15) is 0 Å². The monoisotopic (exact) mass is 266 g/mol. The number of halogens is 1. The van der Waals surface area contributed by atoms with Gasteiger partial charge in [0.25, 0.3) is 0 Å². The second kappa shape index (κ2) is 6.76. The third-order valence-corrected chi connectivity index (χ3v) is 3.50. The lowest BCUT2D eigenvalue weighted by Gasteiger charge is -2.12. The molecule has 0 aliphatic heterocycles. The molecule has 4 heteroatoms. The first-order valence-electron chi connectivity index (χ1n) is 6.48. The van der Waals surface area contributed by atoms with Crippen molar-refractivity contribution in [2.24, 2.45) is 0 Å². The van der Waals surface area contributed by atoms with Gasteiger partial charge in [-0.05, 0) is 30.5 Å². The highest BCUT2D eigenvalue weighted by Crippen LogP contribution is 2.17. The summed E-state index contributed by atoms with van der Waals surface area (Å²) in [6.45, 7) is 1.06. The smallest absolute Gasteiger partial charge is 0.234 e. The maximum atomic E-state index is 11.6. The Morgan fingerprint density at radius 2 is 1.89 bits per heavy atom. The van der Waals surface area contributed by atoms with E-state index in [1.165, 1.54) is 12.8 Å². The Bertz CT molecular complexity index is 385. The zero-order valence-electron chi connectivity index (χ0n) is 10.4. The van der Waals surface area contributed by atoms with Crippen LogP contribution in [-0.2, 0) is 11.3 Å². The lowest BCUT2D eigenvalue weighted by molar-refractivity contribution is -0.120. The molecule has 0 radical (unpaired) electrons. The van der Waals surface area contributed by atoms with Crippen LogP contribution in [0.5, 0.6) is 0 Å². The first-order valence-corrected chi connectivity index (χ1v) is 6.86. The van der Waals surface area contributed by atoms with Crippen LogP contribution < -0.4 is 10.6 Å². The first-order chi connectivity index (χ1) is 8.74. The van der Waals surface area contributed by atoms with E-state index in [0.29, 0.717) is 19.1 Å². The fourth-order valence-electron chi connectivity index (χ4n) is 2.27. The Morgan fingerprint density at radius 3 is 2.56 bits per heavy atom. The highest BCUT2D eigenvalue weighted by atomic mass is 35.5. The minimum atomic E-state index is 0.0934. The Labute approximate surface area is 113 Å². The maximum absolute atomic E-state index is 11.6. The number of hydrogen-bond acceptors (Lipinski definition) is 2. The van der Waals surface area contributed by atoms with Crippen molar-refractivity contribution in [2.75, 3.05) is 6.54 Å². The van der Waals surface area contributed by atoms with Crippen molar-refractivity contribution in [3.05, 3.63) is 34.9 Å². The van der Waals surface area contributed by atoms with Crippen LogP contribution in [0.2, 0.25) is 5.02 Å². The zero-order valence-corrected chi connectivity index (χ0v) is 11.2. The van der Waals surface area contributed by atoms with E-state index >= 15 is 0 Å². The molecule has 0 saturated heterocycles. The van der Waals surface area contributed by atoms with Gasteiger partial charge in [0, 0.05) is 17.6 Å². The Morgan fingerprint density at radius 1 is 1.22 bits per heavy atom. The third kappa shape index (κ3) is 4.31. The summed E-state index contributed by atoms with van der Waals surface area (Å²) in [6.07, 6.45) is 4.73. The van der Waals surface area contributed by atoms with Crippen LogP contribution in [-0.4, -0.2) is 18.5 Å². The fourth-order valence-corrected chi connectivity index (χ4v) is 2.40. The van der Waals surface area contributed by atoms with Crippen LogP contribution in [0.3, 0.4) is 0 Å². The summed E-state index contributed by atoms with van der Waals surface area (Å²) >= 11 is 5.81. The summed E-state index contributed by atoms with van der Waals surface area (Å²) < 4.78 is 0. The van der Waals surface area contributed by atoms with Crippen molar-refractivity contribution in [3.8, 4) is 0 Å². The molecule has 0 atom stereocenters. The number of carbonyl (C=O) groups is 1. The number of hydrogen-bond donors (Lipinski definition) is 2. The van der Waals surface area contributed by atoms with Crippen LogP contribution in [0.15, 0.2) is 24.3 Å². The quantitative estimate of drug-likeness (QED) is 0.860. The van der Waals surface area contributed by atoms with Gasteiger partial charge in [0.2, 0.25) is 5.91 Å². The minimum Gasteiger partial charge on any atom is -0.352 e. The molecular weight excluding hydrogens is 248 g/mol. The van der Waals surface area contributed by atoms with Crippen LogP contribution >= 0.6 is 11.6 Å². The van der Waals surface area contributed by atoms with Crippen molar-refractivity contribution in [2.45, 2.75) is 38.3 Å². The zero-order chi connectivity index (χ0) is 12.8. The largest absolute Gasteiger partial charge is 0.352 e. The molecule has 0 spiro atoms. The van der Waals surface area contributed by atoms with E-state index in [2.05, 4.69) is 10.6 Å². The van der Waals surface area contributed by atoms with E-state index in [4.69, 9.17) is 11.6 Å². The van der Waals surface area contributed by atoms with E-state index in [0.717, 1.165) is 23.4 Å². The summed E-state index contributed by atoms with van der Waals surface area (Å²) in [4.78, 5) is 11.6. The minimum absolute atomic E-state index is 0.0934. The van der Waals surface area contributed by atoms with Crippen molar-refractivity contribution >= 4 is 17.5 Å². The highest BCUT2D eigenvalue weighted by molar-refractivity contribution is 6.30. The Hall–Kier alpha value is -1.06. The summed E-state index contributed by atoms with van der Waals surface area (Å²) in [6, 6.07) is 8.04. The van der Waals surface area contributed by atoms with Gasteiger partial charge in [-0.3, -0.25) is 4.79 Å². The standard InChI is InChI=1S/C14H19ClN2O/c15-12-7-5-11(6-8-12)9-16-10-14(18)17-13-3-1-2-4-13/h5-8,13,16H,1-4,9-10H2,(H,17,18). The molecule has 1 fully saturated rings. The summed E-state index contributed by atoms with van der Waals surface area (Å²) in [5.41, 5.74) is 1.13. The van der Waals surface area contributed by atoms with Gasteiger partial charge in [-0.25, -0.2) is 0 Å². The van der Waals surface area contributed by atoms with Crippen molar-refractivity contribution < 1.29 is 4.79 Å². The molecule has 2 N–H and O–H groups in total. The molecule has 98 valence electrons. The topological polar surface area (TPSA) is 41.1 Å². The van der Waals surface area contributed by atoms with E-state index in [9.17, 15) is 4.79 Å². The van der Waals surface area contributed by atoms with Gasteiger partial charge in [0.05, 0.1) is 6.54 Å². The Kier molecular flexibility index (Phi) is 5.02. The average molecular weight is 267 g/mol. The molecule has 1 saturated carbocycles. The number of benzene rings is 1. The molecule has 0 unspecified atom stereocenters. The molecule has 0 aromatic heterocycles. The molecule has 3 nitrogen and oxygen atoms in total. The molecule has 1 aliphatic carbocycles. The molecule has 1 amide bonds. The van der Waals surface area contributed by atoms with Crippen LogP contribution in [0, 0.1) is 0 Å². The normalized spacial score (nSPS) is 15.8. The van der Waals surface area contributed by atoms with E-state index in [1.807, 2.05) is 24.3 Å². The van der Waals surface area contributed by atoms with Crippen molar-refractivity contribution in [1.29, 1.82) is 0 Å². The molecule has 18 heavy (non-hydrogen) atoms. The summed E-state index contributed by atoms with van der Waals surface area (Å²) in [5.74, 6) is 0.0934. The lowest BCUT2D eigenvalue weighted by atomic mass is 10.2. The number of amides is 1. The number of carbonyl (C=O) groups excluding carboxylic acids is 1. The third-order valence-electron chi connectivity index (χ3n) is 3.25. The number of nitrogens with one attached hydrogen (secondary N) is 2. The molecule has 1 aromatic carbocycles. The second-order valence-corrected chi connectivity index (χ2v) is 5.22. The maximum Gasteiger partial charge on any atom is 0.234 e. The van der Waals surface area contributed by atoms with Gasteiger partial charge in [-0.1, -0.05) is 36.6 Å². The summed E-state index contributed by atoms with van der Waals surface area (Å²) in [7, 11) is 0. The van der Waals surface area contributed by atoms with Crippen LogP contribution in [0.25, 0.3) is 0 Å². The van der Waals surface area contributed by atoms with E-state index in [1.54, 1.807) is 0 Å². The average Bonchev–Trinajstić information content (AvgIpc) is 2.84. The van der Waals surface area contributed by atoms with Gasteiger partial charge in [0.15, 0.2) is 0 Å². The van der Waals surface area contributed by atoms with Gasteiger partial charge in [-0.15, -0.1) is 0 Å². The number of rotatable bonds is 5. The molecule has 0 heterocycles. The molecular formula is C14H19ClN2O. The van der Waals surface area contributed by atoms with Crippen molar-refractivity contribution in [3.63, 3.8) is 0 Å². The summed E-state index contributed by atoms with van der Waals surface area (Å²) in [5, 5.41) is 6.93. The first kappa shape index (κ1) is 13.4. The predicted molar refractivity (Wildman–Crippen MR) is 73.6 cm³/mol. The molecule has 0 bridgehead atoms.